The van der Waals surface area contributed by atoms with Gasteiger partial charge >= 0.3 is 0 Å². The molecule has 0 spiro atoms. The SMILES string of the molecule is COc1cc(C(C)CO)c(C)cc1C(C)(C)C. The summed E-state index contributed by atoms with van der Waals surface area (Å²) >= 11 is 0. The van der Waals surface area contributed by atoms with E-state index in [9.17, 15) is 5.11 Å². The van der Waals surface area contributed by atoms with Crippen molar-refractivity contribution >= 4 is 0 Å². The summed E-state index contributed by atoms with van der Waals surface area (Å²) < 4.78 is 5.48. The van der Waals surface area contributed by atoms with Gasteiger partial charge < -0.3 is 9.84 Å². The van der Waals surface area contributed by atoms with E-state index in [1.54, 1.807) is 7.11 Å². The van der Waals surface area contributed by atoms with Crippen molar-refractivity contribution in [1.29, 1.82) is 0 Å². The monoisotopic (exact) mass is 236 g/mol. The van der Waals surface area contributed by atoms with Crippen LogP contribution in [0, 0.1) is 6.92 Å². The zero-order valence-electron chi connectivity index (χ0n) is 11.8. The molecule has 96 valence electrons. The fraction of sp³-hybridized carbons (Fsp3) is 0.600. The first kappa shape index (κ1) is 14.0. The number of ether oxygens (including phenoxy) is 1. The highest BCUT2D eigenvalue weighted by atomic mass is 16.5. The summed E-state index contributed by atoms with van der Waals surface area (Å²) in [7, 11) is 1.70. The number of rotatable bonds is 3. The largest absolute Gasteiger partial charge is 0.496 e. The second-order valence-electron chi connectivity index (χ2n) is 5.74. The Labute approximate surface area is 105 Å². The van der Waals surface area contributed by atoms with Gasteiger partial charge in [-0.2, -0.15) is 0 Å². The fourth-order valence-electron chi connectivity index (χ4n) is 2.09. The van der Waals surface area contributed by atoms with E-state index in [1.807, 2.05) is 6.92 Å². The summed E-state index contributed by atoms with van der Waals surface area (Å²) in [6, 6.07) is 4.25. The van der Waals surface area contributed by atoms with Gasteiger partial charge in [-0.15, -0.1) is 0 Å². The Morgan fingerprint density at radius 1 is 1.29 bits per heavy atom. The first-order valence-electron chi connectivity index (χ1n) is 6.11. The molecule has 0 saturated carbocycles. The molecule has 1 rings (SSSR count). The van der Waals surface area contributed by atoms with Crippen LogP contribution in [0.3, 0.4) is 0 Å². The van der Waals surface area contributed by atoms with Crippen molar-refractivity contribution in [3.8, 4) is 5.75 Å². The molecule has 0 aliphatic carbocycles. The summed E-state index contributed by atoms with van der Waals surface area (Å²) in [5, 5.41) is 9.26. The molecule has 1 N–H and O–H groups in total. The van der Waals surface area contributed by atoms with Crippen molar-refractivity contribution < 1.29 is 9.84 Å². The lowest BCUT2D eigenvalue weighted by Crippen LogP contribution is -2.14. The lowest BCUT2D eigenvalue weighted by atomic mass is 9.83. The number of hydrogen-bond donors (Lipinski definition) is 1. The molecule has 1 aromatic rings. The van der Waals surface area contributed by atoms with Gasteiger partial charge in [-0.05, 0) is 35.1 Å². The molecule has 0 aromatic heterocycles. The third-order valence-corrected chi connectivity index (χ3v) is 3.20. The van der Waals surface area contributed by atoms with Crippen LogP contribution in [0.4, 0.5) is 0 Å². The van der Waals surface area contributed by atoms with Gasteiger partial charge in [0.15, 0.2) is 0 Å². The minimum absolute atomic E-state index is 0.0666. The van der Waals surface area contributed by atoms with E-state index in [4.69, 9.17) is 4.74 Å². The van der Waals surface area contributed by atoms with E-state index >= 15 is 0 Å². The predicted octanol–water partition coefficient (Wildman–Crippen LogP) is 3.40. The highest BCUT2D eigenvalue weighted by molar-refractivity contribution is 5.46. The number of benzene rings is 1. The molecule has 2 nitrogen and oxygen atoms in total. The maximum absolute atomic E-state index is 9.26. The van der Waals surface area contributed by atoms with Crippen molar-refractivity contribution in [3.05, 3.63) is 28.8 Å². The van der Waals surface area contributed by atoms with Crippen LogP contribution < -0.4 is 4.74 Å². The van der Waals surface area contributed by atoms with Crippen LogP contribution in [0.2, 0.25) is 0 Å². The van der Waals surface area contributed by atoms with E-state index < -0.39 is 0 Å². The van der Waals surface area contributed by atoms with E-state index in [0.717, 1.165) is 11.3 Å². The van der Waals surface area contributed by atoms with Gasteiger partial charge in [0.2, 0.25) is 0 Å². The van der Waals surface area contributed by atoms with Crippen LogP contribution in [-0.4, -0.2) is 18.8 Å². The quantitative estimate of drug-likeness (QED) is 0.871. The summed E-state index contributed by atoms with van der Waals surface area (Å²) in [5.41, 5.74) is 3.66. The summed E-state index contributed by atoms with van der Waals surface area (Å²) in [6.45, 7) is 10.8. The number of hydrogen-bond acceptors (Lipinski definition) is 2. The van der Waals surface area contributed by atoms with Crippen LogP contribution in [0.25, 0.3) is 0 Å². The summed E-state index contributed by atoms with van der Waals surface area (Å²) in [6.07, 6.45) is 0. The van der Waals surface area contributed by atoms with Crippen molar-refractivity contribution in [1.82, 2.24) is 0 Å². The number of aryl methyl sites for hydroxylation is 1. The van der Waals surface area contributed by atoms with E-state index in [-0.39, 0.29) is 17.9 Å². The Morgan fingerprint density at radius 2 is 1.88 bits per heavy atom. The average molecular weight is 236 g/mol. The molecule has 1 atom stereocenters. The molecule has 0 heterocycles. The first-order chi connectivity index (χ1) is 7.81. The van der Waals surface area contributed by atoms with E-state index in [1.165, 1.54) is 11.1 Å². The normalized spacial score (nSPS) is 13.6. The molecule has 0 bridgehead atoms. The van der Waals surface area contributed by atoms with Crippen molar-refractivity contribution in [3.63, 3.8) is 0 Å². The molecule has 0 aliphatic heterocycles. The van der Waals surface area contributed by atoms with E-state index in [2.05, 4.69) is 39.8 Å². The molecular weight excluding hydrogens is 212 g/mol. The van der Waals surface area contributed by atoms with E-state index in [0.29, 0.717) is 0 Å². The molecule has 0 saturated heterocycles. The smallest absolute Gasteiger partial charge is 0.122 e. The number of aliphatic hydroxyl groups is 1. The number of methoxy groups -OCH3 is 1. The van der Waals surface area contributed by atoms with Gasteiger partial charge in [0.25, 0.3) is 0 Å². The van der Waals surface area contributed by atoms with Gasteiger partial charge in [-0.3, -0.25) is 0 Å². The molecule has 0 fully saturated rings. The Hall–Kier alpha value is -1.02. The van der Waals surface area contributed by atoms with Gasteiger partial charge in [0, 0.05) is 12.5 Å². The molecule has 1 aromatic carbocycles. The minimum atomic E-state index is 0.0666. The molecule has 0 aliphatic rings. The predicted molar refractivity (Wildman–Crippen MR) is 71.9 cm³/mol. The maximum Gasteiger partial charge on any atom is 0.122 e. The zero-order chi connectivity index (χ0) is 13.2. The second-order valence-corrected chi connectivity index (χ2v) is 5.74. The highest BCUT2D eigenvalue weighted by Gasteiger charge is 2.21. The Kier molecular flexibility index (Phi) is 4.21. The van der Waals surface area contributed by atoms with Crippen molar-refractivity contribution in [2.45, 2.75) is 46.0 Å². The summed E-state index contributed by atoms with van der Waals surface area (Å²) in [4.78, 5) is 0. The van der Waals surface area contributed by atoms with Crippen LogP contribution in [-0.2, 0) is 5.41 Å². The van der Waals surface area contributed by atoms with Gasteiger partial charge in [-0.25, -0.2) is 0 Å². The lowest BCUT2D eigenvalue weighted by molar-refractivity contribution is 0.272. The number of aliphatic hydroxyl groups excluding tert-OH is 1. The highest BCUT2D eigenvalue weighted by Crippen LogP contribution is 2.35. The third-order valence-electron chi connectivity index (χ3n) is 3.20. The van der Waals surface area contributed by atoms with Gasteiger partial charge in [0.1, 0.15) is 5.75 Å². The van der Waals surface area contributed by atoms with Crippen LogP contribution >= 0.6 is 0 Å². The van der Waals surface area contributed by atoms with Crippen molar-refractivity contribution in [2.24, 2.45) is 0 Å². The third kappa shape index (κ3) is 3.01. The Balaban J connectivity index is 3.35. The fourth-order valence-corrected chi connectivity index (χ4v) is 2.09. The first-order valence-corrected chi connectivity index (χ1v) is 6.11. The molecule has 2 heteroatoms. The second kappa shape index (κ2) is 5.09. The molecule has 0 radical (unpaired) electrons. The molecule has 1 unspecified atom stereocenters. The van der Waals surface area contributed by atoms with Crippen LogP contribution in [0.15, 0.2) is 12.1 Å². The Bertz CT molecular complexity index is 389. The Morgan fingerprint density at radius 3 is 2.29 bits per heavy atom. The lowest BCUT2D eigenvalue weighted by Gasteiger charge is -2.25. The molecule has 0 amide bonds. The molecular formula is C15H24O2. The molecule has 17 heavy (non-hydrogen) atoms. The maximum atomic E-state index is 9.26. The van der Waals surface area contributed by atoms with Crippen LogP contribution in [0.1, 0.15) is 50.3 Å². The standard InChI is InChI=1S/C15H24O2/c1-10-7-13(15(3,4)5)14(17-6)8-12(10)11(2)9-16/h7-8,11,16H,9H2,1-6H3. The van der Waals surface area contributed by atoms with Crippen LogP contribution in [0.5, 0.6) is 5.75 Å². The van der Waals surface area contributed by atoms with Crippen molar-refractivity contribution in [2.75, 3.05) is 13.7 Å². The summed E-state index contributed by atoms with van der Waals surface area (Å²) in [5.74, 6) is 1.07. The van der Waals surface area contributed by atoms with Gasteiger partial charge in [-0.1, -0.05) is 33.8 Å². The zero-order valence-corrected chi connectivity index (χ0v) is 11.8. The van der Waals surface area contributed by atoms with Gasteiger partial charge in [0.05, 0.1) is 7.11 Å². The topological polar surface area (TPSA) is 29.5 Å². The average Bonchev–Trinajstić information content (AvgIpc) is 2.26. The minimum Gasteiger partial charge on any atom is -0.496 e.